The predicted octanol–water partition coefficient (Wildman–Crippen LogP) is 2.94. The first-order valence-electron chi connectivity index (χ1n) is 7.46. The van der Waals surface area contributed by atoms with Gasteiger partial charge in [0.25, 0.3) is 5.91 Å². The normalized spacial score (nSPS) is 10.4. The van der Waals surface area contributed by atoms with Crippen LogP contribution >= 0.6 is 0 Å². The highest BCUT2D eigenvalue weighted by molar-refractivity contribution is 5.99. The third kappa shape index (κ3) is 5.59. The second-order valence-electron chi connectivity index (χ2n) is 5.10. The number of rotatable bonds is 7. The molecule has 0 radical (unpaired) electrons. The lowest BCUT2D eigenvalue weighted by molar-refractivity contribution is -0.115. The maximum absolute atomic E-state index is 13.5. The molecule has 2 rings (SSSR count). The number of hydrogen-bond acceptors (Lipinski definition) is 4. The summed E-state index contributed by atoms with van der Waals surface area (Å²) in [5.74, 6) is -3.80. The number of carbonyl (C=O) groups is 2. The highest BCUT2D eigenvalue weighted by Crippen LogP contribution is 2.31. The largest absolute Gasteiger partial charge is 0.493 e. The minimum atomic E-state index is -3.09. The van der Waals surface area contributed by atoms with Crippen LogP contribution in [0.25, 0.3) is 0 Å². The Labute approximate surface area is 151 Å². The third-order valence-electron chi connectivity index (χ3n) is 3.25. The number of nitrogens with one attached hydrogen (secondary N) is 2. The van der Waals surface area contributed by atoms with Crippen LogP contribution in [0.4, 0.5) is 23.2 Å². The Hall–Kier alpha value is -3.30. The van der Waals surface area contributed by atoms with Crippen LogP contribution in [-0.4, -0.2) is 32.1 Å². The molecule has 0 atom stereocenters. The maximum Gasteiger partial charge on any atom is 0.387 e. The van der Waals surface area contributed by atoms with E-state index in [9.17, 15) is 27.2 Å². The number of anilines is 1. The van der Waals surface area contributed by atoms with Crippen molar-refractivity contribution >= 4 is 17.5 Å². The van der Waals surface area contributed by atoms with Gasteiger partial charge in [-0.3, -0.25) is 9.59 Å². The summed E-state index contributed by atoms with van der Waals surface area (Å²) < 4.78 is 60.3. The zero-order chi connectivity index (χ0) is 20.0. The van der Waals surface area contributed by atoms with Crippen LogP contribution in [0.1, 0.15) is 10.4 Å². The molecule has 0 aliphatic carbocycles. The number of hydrogen-bond donors (Lipinski definition) is 2. The summed E-state index contributed by atoms with van der Waals surface area (Å²) in [6.45, 7) is -3.62. The van der Waals surface area contributed by atoms with Gasteiger partial charge in [0.1, 0.15) is 11.6 Å². The molecule has 144 valence electrons. The van der Waals surface area contributed by atoms with Crippen molar-refractivity contribution in [3.05, 3.63) is 53.6 Å². The fourth-order valence-corrected chi connectivity index (χ4v) is 2.08. The first-order valence-corrected chi connectivity index (χ1v) is 7.46. The molecule has 0 fully saturated rings. The predicted molar refractivity (Wildman–Crippen MR) is 86.9 cm³/mol. The van der Waals surface area contributed by atoms with Gasteiger partial charge in [0.05, 0.1) is 19.2 Å². The van der Waals surface area contributed by atoms with E-state index >= 15 is 0 Å². The SMILES string of the molecule is COc1ccc(NC(=O)CNC(=O)c2ccc(F)cc2F)cc1OC(F)F. The Balaban J connectivity index is 1.98. The Morgan fingerprint density at radius 1 is 1.07 bits per heavy atom. The monoisotopic (exact) mass is 386 g/mol. The van der Waals surface area contributed by atoms with E-state index in [4.69, 9.17) is 4.74 Å². The Kier molecular flexibility index (Phi) is 6.58. The van der Waals surface area contributed by atoms with Gasteiger partial charge < -0.3 is 20.1 Å². The first-order chi connectivity index (χ1) is 12.8. The molecule has 0 spiro atoms. The molecule has 27 heavy (non-hydrogen) atoms. The molecule has 2 aromatic rings. The lowest BCUT2D eigenvalue weighted by Crippen LogP contribution is -2.33. The standard InChI is InChI=1S/C17H14F4N2O4/c1-26-13-5-3-10(7-14(13)27-17(20)21)23-15(24)8-22-16(25)11-4-2-9(18)6-12(11)19/h2-7,17H,8H2,1H3,(H,22,25)(H,23,24). The first kappa shape index (κ1) is 20.0. The third-order valence-corrected chi connectivity index (χ3v) is 3.25. The molecule has 0 bridgehead atoms. The lowest BCUT2D eigenvalue weighted by Gasteiger charge is -2.12. The fourth-order valence-electron chi connectivity index (χ4n) is 2.08. The van der Waals surface area contributed by atoms with E-state index in [0.29, 0.717) is 6.07 Å². The fraction of sp³-hybridized carbons (Fsp3) is 0.176. The van der Waals surface area contributed by atoms with Gasteiger partial charge in [-0.05, 0) is 24.3 Å². The van der Waals surface area contributed by atoms with Crippen molar-refractivity contribution in [3.8, 4) is 11.5 Å². The Bertz CT molecular complexity index is 846. The van der Waals surface area contributed by atoms with Gasteiger partial charge in [0.2, 0.25) is 5.91 Å². The molecule has 0 heterocycles. The molecule has 0 saturated carbocycles. The smallest absolute Gasteiger partial charge is 0.387 e. The number of methoxy groups -OCH3 is 1. The topological polar surface area (TPSA) is 76.7 Å². The van der Waals surface area contributed by atoms with Gasteiger partial charge in [-0.15, -0.1) is 0 Å². The summed E-state index contributed by atoms with van der Waals surface area (Å²) in [4.78, 5) is 23.7. The molecule has 0 aliphatic rings. The molecule has 6 nitrogen and oxygen atoms in total. The maximum atomic E-state index is 13.5. The van der Waals surface area contributed by atoms with E-state index in [1.54, 1.807) is 0 Å². The van der Waals surface area contributed by atoms with E-state index < -0.39 is 42.2 Å². The second-order valence-corrected chi connectivity index (χ2v) is 5.10. The number of benzene rings is 2. The summed E-state index contributed by atoms with van der Waals surface area (Å²) in [5, 5.41) is 4.51. The number of alkyl halides is 2. The molecule has 0 aliphatic heterocycles. The van der Waals surface area contributed by atoms with E-state index in [1.807, 2.05) is 0 Å². The van der Waals surface area contributed by atoms with Crippen molar-refractivity contribution in [2.75, 3.05) is 19.0 Å². The van der Waals surface area contributed by atoms with Crippen LogP contribution in [0, 0.1) is 11.6 Å². The molecule has 2 amide bonds. The highest BCUT2D eigenvalue weighted by Gasteiger charge is 2.15. The van der Waals surface area contributed by atoms with Crippen molar-refractivity contribution < 1.29 is 36.6 Å². The molecule has 2 N–H and O–H groups in total. The minimum Gasteiger partial charge on any atom is -0.493 e. The Morgan fingerprint density at radius 3 is 2.44 bits per heavy atom. The summed E-state index contributed by atoms with van der Waals surface area (Å²) in [6.07, 6.45) is 0. The van der Waals surface area contributed by atoms with Crippen molar-refractivity contribution in [2.45, 2.75) is 6.61 Å². The van der Waals surface area contributed by atoms with E-state index in [1.165, 1.54) is 19.2 Å². The van der Waals surface area contributed by atoms with Gasteiger partial charge in [-0.25, -0.2) is 8.78 Å². The quantitative estimate of drug-likeness (QED) is 0.718. The van der Waals surface area contributed by atoms with Crippen molar-refractivity contribution in [2.24, 2.45) is 0 Å². The van der Waals surface area contributed by atoms with Crippen LogP contribution in [0.5, 0.6) is 11.5 Å². The Morgan fingerprint density at radius 2 is 1.81 bits per heavy atom. The van der Waals surface area contributed by atoms with Gasteiger partial charge in [-0.1, -0.05) is 0 Å². The van der Waals surface area contributed by atoms with E-state index in [0.717, 1.165) is 18.2 Å². The van der Waals surface area contributed by atoms with Crippen LogP contribution < -0.4 is 20.1 Å². The number of carbonyl (C=O) groups excluding carboxylic acids is 2. The molecule has 2 aromatic carbocycles. The average molecular weight is 386 g/mol. The van der Waals surface area contributed by atoms with Crippen molar-refractivity contribution in [1.82, 2.24) is 5.32 Å². The lowest BCUT2D eigenvalue weighted by atomic mass is 10.2. The van der Waals surface area contributed by atoms with Gasteiger partial charge >= 0.3 is 6.61 Å². The summed E-state index contributed by atoms with van der Waals surface area (Å²) in [7, 11) is 1.26. The zero-order valence-electron chi connectivity index (χ0n) is 13.9. The van der Waals surface area contributed by atoms with Crippen molar-refractivity contribution in [1.29, 1.82) is 0 Å². The molecule has 0 aromatic heterocycles. The van der Waals surface area contributed by atoms with Crippen LogP contribution in [0.15, 0.2) is 36.4 Å². The minimum absolute atomic E-state index is 0.0355. The molecule has 0 unspecified atom stereocenters. The van der Waals surface area contributed by atoms with Crippen molar-refractivity contribution in [3.63, 3.8) is 0 Å². The summed E-state index contributed by atoms with van der Waals surface area (Å²) in [5.41, 5.74) is -0.320. The van der Waals surface area contributed by atoms with Gasteiger partial charge in [0.15, 0.2) is 11.5 Å². The van der Waals surface area contributed by atoms with Crippen LogP contribution in [-0.2, 0) is 4.79 Å². The van der Waals surface area contributed by atoms with Gasteiger partial charge in [-0.2, -0.15) is 8.78 Å². The average Bonchev–Trinajstić information content (AvgIpc) is 2.59. The summed E-state index contributed by atoms with van der Waals surface area (Å²) >= 11 is 0. The van der Waals surface area contributed by atoms with Crippen LogP contribution in [0.3, 0.4) is 0 Å². The second kappa shape index (κ2) is 8.88. The molecule has 10 heteroatoms. The number of halogens is 4. The zero-order valence-corrected chi connectivity index (χ0v) is 13.9. The van der Waals surface area contributed by atoms with Gasteiger partial charge in [0, 0.05) is 17.8 Å². The molecular weight excluding hydrogens is 372 g/mol. The van der Waals surface area contributed by atoms with E-state index in [-0.39, 0.29) is 17.2 Å². The highest BCUT2D eigenvalue weighted by atomic mass is 19.3. The van der Waals surface area contributed by atoms with Crippen LogP contribution in [0.2, 0.25) is 0 Å². The number of ether oxygens (including phenoxy) is 2. The molecular formula is C17H14F4N2O4. The molecule has 0 saturated heterocycles. The van der Waals surface area contributed by atoms with E-state index in [2.05, 4.69) is 15.4 Å². The summed E-state index contributed by atoms with van der Waals surface area (Å²) in [6, 6.07) is 6.17. The number of amides is 2.